The molecule has 1 heterocycles. The highest BCUT2D eigenvalue weighted by molar-refractivity contribution is 5.42. The van der Waals surface area contributed by atoms with E-state index in [0.29, 0.717) is 6.04 Å². The number of hydrogen-bond acceptors (Lipinski definition) is 3. The van der Waals surface area contributed by atoms with E-state index in [2.05, 4.69) is 36.3 Å². The number of aryl methyl sites for hydroxylation is 1. The van der Waals surface area contributed by atoms with Crippen molar-refractivity contribution in [3.05, 3.63) is 23.4 Å². The van der Waals surface area contributed by atoms with Gasteiger partial charge in [0.1, 0.15) is 5.82 Å². The standard InChI is InChI=1S/C15H25N3/c1-12-13(11-16-2)9-10-15(17-12)18(3)14-7-5-4-6-8-14/h9-10,14,16H,4-8,11H2,1-3H3. The highest BCUT2D eigenvalue weighted by Crippen LogP contribution is 2.25. The molecular weight excluding hydrogens is 222 g/mol. The molecule has 18 heavy (non-hydrogen) atoms. The van der Waals surface area contributed by atoms with Gasteiger partial charge in [-0.05, 0) is 38.4 Å². The van der Waals surface area contributed by atoms with E-state index in [0.717, 1.165) is 18.1 Å². The molecule has 100 valence electrons. The lowest BCUT2D eigenvalue weighted by molar-refractivity contribution is 0.426. The number of anilines is 1. The van der Waals surface area contributed by atoms with Crippen LogP contribution in [-0.2, 0) is 6.54 Å². The van der Waals surface area contributed by atoms with Gasteiger partial charge in [-0.25, -0.2) is 4.98 Å². The van der Waals surface area contributed by atoms with Crippen LogP contribution in [0.2, 0.25) is 0 Å². The lowest BCUT2D eigenvalue weighted by Crippen LogP contribution is -2.34. The maximum Gasteiger partial charge on any atom is 0.128 e. The van der Waals surface area contributed by atoms with Crippen molar-refractivity contribution in [2.24, 2.45) is 0 Å². The van der Waals surface area contributed by atoms with Crippen LogP contribution >= 0.6 is 0 Å². The Bertz CT molecular complexity index is 383. The molecule has 2 rings (SSSR count). The zero-order valence-corrected chi connectivity index (χ0v) is 11.9. The van der Waals surface area contributed by atoms with Gasteiger partial charge in [-0.1, -0.05) is 25.3 Å². The average Bonchev–Trinajstić information content (AvgIpc) is 2.41. The molecule has 0 amide bonds. The first-order chi connectivity index (χ1) is 8.72. The second-order valence-corrected chi connectivity index (χ2v) is 5.35. The fourth-order valence-electron chi connectivity index (χ4n) is 2.81. The van der Waals surface area contributed by atoms with Gasteiger partial charge in [0, 0.05) is 25.3 Å². The normalized spacial score (nSPS) is 16.8. The molecule has 1 saturated carbocycles. The fraction of sp³-hybridized carbons (Fsp3) is 0.667. The molecule has 0 unspecified atom stereocenters. The third kappa shape index (κ3) is 3.02. The minimum absolute atomic E-state index is 0.681. The molecule has 0 saturated heterocycles. The summed E-state index contributed by atoms with van der Waals surface area (Å²) in [6, 6.07) is 5.04. The zero-order chi connectivity index (χ0) is 13.0. The summed E-state index contributed by atoms with van der Waals surface area (Å²) in [5.41, 5.74) is 2.43. The molecule has 1 fully saturated rings. The van der Waals surface area contributed by atoms with E-state index < -0.39 is 0 Å². The Balaban J connectivity index is 2.10. The van der Waals surface area contributed by atoms with Gasteiger partial charge in [0.2, 0.25) is 0 Å². The molecular formula is C15H25N3. The molecule has 0 radical (unpaired) electrons. The summed E-state index contributed by atoms with van der Waals surface area (Å²) in [5, 5.41) is 3.18. The van der Waals surface area contributed by atoms with E-state index in [1.54, 1.807) is 0 Å². The van der Waals surface area contributed by atoms with Gasteiger partial charge >= 0.3 is 0 Å². The van der Waals surface area contributed by atoms with Gasteiger partial charge in [0.25, 0.3) is 0 Å². The maximum atomic E-state index is 4.75. The molecule has 3 heteroatoms. The number of nitrogens with one attached hydrogen (secondary N) is 1. The van der Waals surface area contributed by atoms with Crippen molar-refractivity contribution in [2.45, 2.75) is 51.6 Å². The molecule has 1 aliphatic carbocycles. The molecule has 0 spiro atoms. The van der Waals surface area contributed by atoms with E-state index in [1.165, 1.54) is 37.7 Å². The quantitative estimate of drug-likeness (QED) is 0.886. The Morgan fingerprint density at radius 1 is 1.28 bits per heavy atom. The van der Waals surface area contributed by atoms with Gasteiger partial charge in [0.15, 0.2) is 0 Å². The van der Waals surface area contributed by atoms with Gasteiger partial charge in [-0.3, -0.25) is 0 Å². The van der Waals surface area contributed by atoms with Crippen LogP contribution in [0, 0.1) is 6.92 Å². The SMILES string of the molecule is CNCc1ccc(N(C)C2CCCCC2)nc1C. The number of aromatic nitrogens is 1. The number of pyridine rings is 1. The van der Waals surface area contributed by atoms with Crippen LogP contribution in [0.3, 0.4) is 0 Å². The van der Waals surface area contributed by atoms with Crippen molar-refractivity contribution in [1.82, 2.24) is 10.3 Å². The molecule has 0 atom stereocenters. The second-order valence-electron chi connectivity index (χ2n) is 5.35. The average molecular weight is 247 g/mol. The van der Waals surface area contributed by atoms with E-state index in [-0.39, 0.29) is 0 Å². The van der Waals surface area contributed by atoms with Crippen molar-refractivity contribution < 1.29 is 0 Å². The molecule has 3 nitrogen and oxygen atoms in total. The molecule has 0 aliphatic heterocycles. The summed E-state index contributed by atoms with van der Waals surface area (Å²) in [5.74, 6) is 1.12. The zero-order valence-electron chi connectivity index (χ0n) is 11.9. The van der Waals surface area contributed by atoms with Crippen molar-refractivity contribution in [3.63, 3.8) is 0 Å². The van der Waals surface area contributed by atoms with E-state index in [9.17, 15) is 0 Å². The Morgan fingerprint density at radius 2 is 2.00 bits per heavy atom. The first-order valence-corrected chi connectivity index (χ1v) is 7.06. The maximum absolute atomic E-state index is 4.75. The minimum Gasteiger partial charge on any atom is -0.357 e. The van der Waals surface area contributed by atoms with Crippen LogP contribution in [0.1, 0.15) is 43.4 Å². The summed E-state index contributed by atoms with van der Waals surface area (Å²) < 4.78 is 0. The molecule has 1 aliphatic rings. The monoisotopic (exact) mass is 247 g/mol. The van der Waals surface area contributed by atoms with E-state index in [1.807, 2.05) is 7.05 Å². The van der Waals surface area contributed by atoms with Gasteiger partial charge < -0.3 is 10.2 Å². The lowest BCUT2D eigenvalue weighted by atomic mass is 9.94. The van der Waals surface area contributed by atoms with Crippen LogP contribution in [0.25, 0.3) is 0 Å². The van der Waals surface area contributed by atoms with Gasteiger partial charge in [0.05, 0.1) is 0 Å². The van der Waals surface area contributed by atoms with E-state index >= 15 is 0 Å². The molecule has 0 bridgehead atoms. The highest BCUT2D eigenvalue weighted by Gasteiger charge is 2.19. The number of nitrogens with zero attached hydrogens (tertiary/aromatic N) is 2. The number of rotatable bonds is 4. The predicted molar refractivity (Wildman–Crippen MR) is 77.0 cm³/mol. The first kappa shape index (κ1) is 13.3. The molecule has 0 aromatic carbocycles. The van der Waals surface area contributed by atoms with E-state index in [4.69, 9.17) is 4.98 Å². The lowest BCUT2D eigenvalue weighted by Gasteiger charge is -2.32. The van der Waals surface area contributed by atoms with Crippen LogP contribution in [0.5, 0.6) is 0 Å². The Kier molecular flexibility index (Phi) is 4.59. The Hall–Kier alpha value is -1.09. The van der Waals surface area contributed by atoms with Gasteiger partial charge in [-0.2, -0.15) is 0 Å². The summed E-state index contributed by atoms with van der Waals surface area (Å²) in [6.45, 7) is 3.00. The summed E-state index contributed by atoms with van der Waals surface area (Å²) in [4.78, 5) is 7.12. The summed E-state index contributed by atoms with van der Waals surface area (Å²) in [6.07, 6.45) is 6.76. The minimum atomic E-state index is 0.681. The molecule has 1 N–H and O–H groups in total. The second kappa shape index (κ2) is 6.19. The van der Waals surface area contributed by atoms with Crippen molar-refractivity contribution >= 4 is 5.82 Å². The highest BCUT2D eigenvalue weighted by atomic mass is 15.2. The topological polar surface area (TPSA) is 28.2 Å². The predicted octanol–water partition coefficient (Wildman–Crippen LogP) is 2.88. The van der Waals surface area contributed by atoms with Crippen molar-refractivity contribution in [3.8, 4) is 0 Å². The molecule has 1 aromatic heterocycles. The smallest absolute Gasteiger partial charge is 0.128 e. The largest absolute Gasteiger partial charge is 0.357 e. The third-order valence-corrected chi connectivity index (χ3v) is 4.03. The summed E-state index contributed by atoms with van der Waals surface area (Å²) >= 11 is 0. The van der Waals surface area contributed by atoms with Crippen molar-refractivity contribution in [2.75, 3.05) is 19.0 Å². The van der Waals surface area contributed by atoms with Crippen LogP contribution in [-0.4, -0.2) is 25.1 Å². The van der Waals surface area contributed by atoms with Gasteiger partial charge in [-0.15, -0.1) is 0 Å². The van der Waals surface area contributed by atoms with Crippen LogP contribution in [0.4, 0.5) is 5.82 Å². The fourth-order valence-corrected chi connectivity index (χ4v) is 2.81. The Labute approximate surface area is 111 Å². The van der Waals surface area contributed by atoms with Crippen LogP contribution in [0.15, 0.2) is 12.1 Å². The number of hydrogen-bond donors (Lipinski definition) is 1. The summed E-state index contributed by atoms with van der Waals surface area (Å²) in [7, 11) is 4.16. The third-order valence-electron chi connectivity index (χ3n) is 4.03. The Morgan fingerprint density at radius 3 is 2.61 bits per heavy atom. The van der Waals surface area contributed by atoms with Crippen molar-refractivity contribution in [1.29, 1.82) is 0 Å². The first-order valence-electron chi connectivity index (χ1n) is 7.06. The van der Waals surface area contributed by atoms with Crippen LogP contribution < -0.4 is 10.2 Å². The molecule has 1 aromatic rings.